The third-order valence-corrected chi connectivity index (χ3v) is 2.59. The van der Waals surface area contributed by atoms with Crippen molar-refractivity contribution in [3.8, 4) is 0 Å². The van der Waals surface area contributed by atoms with E-state index in [0.29, 0.717) is 22.5 Å². The van der Waals surface area contributed by atoms with Gasteiger partial charge in [-0.2, -0.15) is 10.2 Å². The molecule has 0 aliphatic carbocycles. The normalized spacial score (nSPS) is 10.9. The first kappa shape index (κ1) is 10.3. The molecule has 0 saturated heterocycles. The molecule has 2 aromatic rings. The molecule has 0 fully saturated rings. The molecular weight excluding hydrogens is 237 g/mol. The van der Waals surface area contributed by atoms with Crippen LogP contribution in [0.25, 0.3) is 0 Å². The van der Waals surface area contributed by atoms with Gasteiger partial charge in [0.15, 0.2) is 5.82 Å². The predicted molar refractivity (Wildman–Crippen MR) is 59.0 cm³/mol. The highest BCUT2D eigenvalue weighted by Gasteiger charge is 2.06. The lowest BCUT2D eigenvalue weighted by atomic mass is 10.4. The molecule has 2 aromatic heterocycles. The fourth-order valence-corrected chi connectivity index (χ4v) is 1.55. The van der Waals surface area contributed by atoms with Crippen LogP contribution in [0.3, 0.4) is 0 Å². The van der Waals surface area contributed by atoms with Gasteiger partial charge in [0, 0.05) is 19.3 Å². The van der Waals surface area contributed by atoms with Gasteiger partial charge in [0.05, 0.1) is 12.2 Å². The Hall–Kier alpha value is -1.20. The second-order valence-electron chi connectivity index (χ2n) is 3.14. The van der Waals surface area contributed by atoms with E-state index in [9.17, 15) is 0 Å². The molecule has 0 aromatic carbocycles. The maximum atomic E-state index is 5.85. The summed E-state index contributed by atoms with van der Waals surface area (Å²) in [4.78, 5) is 0. The Morgan fingerprint density at radius 3 is 2.60 bits per heavy atom. The highest BCUT2D eigenvalue weighted by molar-refractivity contribution is 6.32. The molecule has 0 radical (unpaired) electrons. The first-order valence-electron chi connectivity index (χ1n) is 4.23. The van der Waals surface area contributed by atoms with Crippen LogP contribution in [0, 0.1) is 0 Å². The van der Waals surface area contributed by atoms with Crippen molar-refractivity contribution >= 4 is 29.0 Å². The van der Waals surface area contributed by atoms with Gasteiger partial charge in [0.25, 0.3) is 0 Å². The van der Waals surface area contributed by atoms with E-state index in [4.69, 9.17) is 28.9 Å². The SMILES string of the molecule is Cn1nc(Cn2cc(Cl)c(N)n2)cc1Cl. The van der Waals surface area contributed by atoms with Crippen molar-refractivity contribution in [3.63, 3.8) is 0 Å². The van der Waals surface area contributed by atoms with E-state index < -0.39 is 0 Å². The minimum atomic E-state index is 0.318. The fraction of sp³-hybridized carbons (Fsp3) is 0.250. The lowest BCUT2D eigenvalue weighted by molar-refractivity contribution is 0.653. The topological polar surface area (TPSA) is 61.7 Å². The number of nitrogens with zero attached hydrogens (tertiary/aromatic N) is 4. The van der Waals surface area contributed by atoms with E-state index in [-0.39, 0.29) is 0 Å². The van der Waals surface area contributed by atoms with E-state index in [1.165, 1.54) is 0 Å². The van der Waals surface area contributed by atoms with Crippen molar-refractivity contribution in [2.75, 3.05) is 5.73 Å². The van der Waals surface area contributed by atoms with Gasteiger partial charge in [-0.3, -0.25) is 9.36 Å². The van der Waals surface area contributed by atoms with Crippen LogP contribution in [-0.4, -0.2) is 19.6 Å². The standard InChI is InChI=1S/C8H9Cl2N5/c1-14-7(10)2-5(12-14)3-15-4-6(9)8(11)13-15/h2,4H,3H2,1H3,(H2,11,13). The lowest BCUT2D eigenvalue weighted by Crippen LogP contribution is -2.02. The predicted octanol–water partition coefficient (Wildman–Crippen LogP) is 1.55. The van der Waals surface area contributed by atoms with Gasteiger partial charge in [-0.25, -0.2) is 0 Å². The maximum Gasteiger partial charge on any atom is 0.164 e. The van der Waals surface area contributed by atoms with Crippen molar-refractivity contribution in [1.29, 1.82) is 0 Å². The van der Waals surface area contributed by atoms with E-state index in [1.54, 1.807) is 28.7 Å². The van der Waals surface area contributed by atoms with E-state index >= 15 is 0 Å². The van der Waals surface area contributed by atoms with Crippen LogP contribution < -0.4 is 5.73 Å². The number of nitrogens with two attached hydrogens (primary N) is 1. The molecule has 0 saturated carbocycles. The van der Waals surface area contributed by atoms with Gasteiger partial charge in [-0.15, -0.1) is 0 Å². The first-order valence-corrected chi connectivity index (χ1v) is 4.98. The van der Waals surface area contributed by atoms with Crippen molar-refractivity contribution in [2.45, 2.75) is 6.54 Å². The first-order chi connectivity index (χ1) is 7.06. The summed E-state index contributed by atoms with van der Waals surface area (Å²) < 4.78 is 3.21. The number of halogens is 2. The van der Waals surface area contributed by atoms with Crippen molar-refractivity contribution in [1.82, 2.24) is 19.6 Å². The maximum absolute atomic E-state index is 5.85. The molecule has 5 nitrogen and oxygen atoms in total. The van der Waals surface area contributed by atoms with Gasteiger partial charge in [-0.1, -0.05) is 23.2 Å². The van der Waals surface area contributed by atoms with Crippen LogP contribution in [0.15, 0.2) is 12.3 Å². The molecule has 0 amide bonds. The van der Waals surface area contributed by atoms with Crippen LogP contribution in [-0.2, 0) is 13.6 Å². The Bertz CT molecular complexity index is 404. The van der Waals surface area contributed by atoms with Gasteiger partial charge < -0.3 is 5.73 Å². The summed E-state index contributed by atoms with van der Waals surface area (Å²) in [7, 11) is 1.77. The van der Waals surface area contributed by atoms with Gasteiger partial charge in [0.2, 0.25) is 0 Å². The van der Waals surface area contributed by atoms with Crippen molar-refractivity contribution in [2.24, 2.45) is 7.05 Å². The third kappa shape index (κ3) is 2.08. The molecule has 0 aliphatic rings. The van der Waals surface area contributed by atoms with Gasteiger partial charge in [-0.05, 0) is 0 Å². The summed E-state index contributed by atoms with van der Waals surface area (Å²) in [6.07, 6.45) is 1.65. The summed E-state index contributed by atoms with van der Waals surface area (Å²) >= 11 is 11.6. The zero-order valence-corrected chi connectivity index (χ0v) is 9.50. The number of anilines is 1. The number of nitrogen functional groups attached to an aromatic ring is 1. The Balaban J connectivity index is 2.21. The molecule has 15 heavy (non-hydrogen) atoms. The molecule has 0 unspecified atom stereocenters. The second kappa shape index (κ2) is 3.75. The molecule has 2 N–H and O–H groups in total. The summed E-state index contributed by atoms with van der Waals surface area (Å²) in [5.74, 6) is 0.318. The van der Waals surface area contributed by atoms with E-state index in [0.717, 1.165) is 5.69 Å². The third-order valence-electron chi connectivity index (χ3n) is 1.94. The molecule has 7 heteroatoms. The molecule has 2 rings (SSSR count). The quantitative estimate of drug-likeness (QED) is 0.874. The summed E-state index contributed by atoms with van der Waals surface area (Å²) in [6.45, 7) is 0.498. The smallest absolute Gasteiger partial charge is 0.164 e. The summed E-state index contributed by atoms with van der Waals surface area (Å²) in [5, 5.41) is 9.22. The Kier molecular flexibility index (Phi) is 2.58. The van der Waals surface area contributed by atoms with Crippen LogP contribution in [0.1, 0.15) is 5.69 Å². The zero-order valence-electron chi connectivity index (χ0n) is 7.98. The van der Waals surface area contributed by atoms with Crippen LogP contribution in [0.2, 0.25) is 10.2 Å². The molecule has 0 bridgehead atoms. The lowest BCUT2D eigenvalue weighted by Gasteiger charge is -1.95. The number of aromatic nitrogens is 4. The second-order valence-corrected chi connectivity index (χ2v) is 3.94. The van der Waals surface area contributed by atoms with E-state index in [2.05, 4.69) is 10.2 Å². The zero-order chi connectivity index (χ0) is 11.0. The average Bonchev–Trinajstić information content (AvgIpc) is 2.59. The van der Waals surface area contributed by atoms with Gasteiger partial charge in [0.1, 0.15) is 10.2 Å². The van der Waals surface area contributed by atoms with Crippen LogP contribution >= 0.6 is 23.2 Å². The summed E-state index contributed by atoms with van der Waals surface area (Å²) in [5.41, 5.74) is 6.32. The molecule has 2 heterocycles. The monoisotopic (exact) mass is 245 g/mol. The molecule has 0 atom stereocenters. The minimum Gasteiger partial charge on any atom is -0.381 e. The van der Waals surface area contributed by atoms with E-state index in [1.807, 2.05) is 0 Å². The minimum absolute atomic E-state index is 0.318. The number of hydrogen-bond donors (Lipinski definition) is 1. The Morgan fingerprint density at radius 1 is 1.40 bits per heavy atom. The molecular formula is C8H9Cl2N5. The largest absolute Gasteiger partial charge is 0.381 e. The molecule has 0 aliphatic heterocycles. The number of aryl methyl sites for hydroxylation is 1. The van der Waals surface area contributed by atoms with Crippen LogP contribution in [0.5, 0.6) is 0 Å². The highest BCUT2D eigenvalue weighted by atomic mass is 35.5. The van der Waals surface area contributed by atoms with Crippen molar-refractivity contribution < 1.29 is 0 Å². The molecule has 0 spiro atoms. The average molecular weight is 246 g/mol. The summed E-state index contributed by atoms with van der Waals surface area (Å²) in [6, 6.07) is 1.77. The van der Waals surface area contributed by atoms with Gasteiger partial charge >= 0.3 is 0 Å². The number of hydrogen-bond acceptors (Lipinski definition) is 3. The Morgan fingerprint density at radius 2 is 2.13 bits per heavy atom. The highest BCUT2D eigenvalue weighted by Crippen LogP contribution is 2.16. The van der Waals surface area contributed by atoms with Crippen molar-refractivity contribution in [3.05, 3.63) is 28.1 Å². The Labute approximate surface area is 96.4 Å². The fourth-order valence-electron chi connectivity index (χ4n) is 1.24. The van der Waals surface area contributed by atoms with Crippen LogP contribution in [0.4, 0.5) is 5.82 Å². The number of rotatable bonds is 2. The molecule has 80 valence electrons.